The number of rotatable bonds is 9. The average Bonchev–Trinajstić information content (AvgIpc) is 2.89. The van der Waals surface area contributed by atoms with E-state index in [0.29, 0.717) is 17.9 Å². The maximum Gasteiger partial charge on any atom is 0.416 e. The van der Waals surface area contributed by atoms with Crippen molar-refractivity contribution in [3.8, 4) is 17.4 Å². The van der Waals surface area contributed by atoms with E-state index in [1.165, 1.54) is 26.4 Å². The summed E-state index contributed by atoms with van der Waals surface area (Å²) in [5.74, 6) is 0.183. The molecule has 0 saturated carbocycles. The number of carbonyl (C=O) groups excluding carboxylic acids is 1. The summed E-state index contributed by atoms with van der Waals surface area (Å²) >= 11 is 0. The minimum absolute atomic E-state index is 0.0376. The molecule has 0 atom stereocenters. The zero-order valence-corrected chi connectivity index (χ0v) is 21.5. The van der Waals surface area contributed by atoms with Gasteiger partial charge in [0.05, 0.1) is 25.3 Å². The molecule has 0 aliphatic rings. The maximum absolute atomic E-state index is 13.4. The van der Waals surface area contributed by atoms with Crippen molar-refractivity contribution < 1.29 is 45.3 Å². The second-order valence-electron chi connectivity index (χ2n) is 8.81. The summed E-state index contributed by atoms with van der Waals surface area (Å²) in [5, 5.41) is 0. The van der Waals surface area contributed by atoms with E-state index in [4.69, 9.17) is 14.2 Å². The molecular formula is C27H26F6N2O4. The van der Waals surface area contributed by atoms with Crippen LogP contribution in [-0.2, 0) is 25.5 Å². The third-order valence-electron chi connectivity index (χ3n) is 5.66. The normalized spacial score (nSPS) is 11.9. The molecule has 0 aliphatic carbocycles. The van der Waals surface area contributed by atoms with E-state index in [0.717, 1.165) is 10.5 Å². The number of amides is 1. The molecular weight excluding hydrogens is 530 g/mol. The molecule has 0 radical (unpaired) electrons. The van der Waals surface area contributed by atoms with Gasteiger partial charge in [0.2, 0.25) is 5.88 Å². The SMILES string of the molecule is COc1ccc(COc2cc(OC)cc(C(=O)N(Cc3cc(C(F)(F)F)cc(C(F)(F)F)c3)C(C)C)n2)cc1. The number of hydrogen-bond acceptors (Lipinski definition) is 5. The zero-order chi connectivity index (χ0) is 29.0. The Morgan fingerprint density at radius 2 is 1.38 bits per heavy atom. The molecule has 3 rings (SSSR count). The molecule has 1 heterocycles. The standard InChI is InChI=1S/C27H26F6N2O4/c1-16(2)35(14-18-9-19(26(28,29)30)11-20(10-18)27(31,32)33)25(36)23-12-22(38-4)13-24(34-23)39-15-17-5-7-21(37-3)8-6-17/h5-13,16H,14-15H2,1-4H3. The first kappa shape index (κ1) is 29.6. The van der Waals surface area contributed by atoms with Crippen LogP contribution in [0.15, 0.2) is 54.6 Å². The van der Waals surface area contributed by atoms with Crippen LogP contribution in [-0.4, -0.2) is 36.1 Å². The van der Waals surface area contributed by atoms with Crippen LogP contribution in [0.25, 0.3) is 0 Å². The number of nitrogens with zero attached hydrogens (tertiary/aromatic N) is 2. The van der Waals surface area contributed by atoms with Crippen LogP contribution in [0.1, 0.15) is 46.6 Å². The molecule has 0 saturated heterocycles. The van der Waals surface area contributed by atoms with E-state index in [1.54, 1.807) is 38.1 Å². The largest absolute Gasteiger partial charge is 0.497 e. The van der Waals surface area contributed by atoms with E-state index in [1.807, 2.05) is 0 Å². The first-order valence-electron chi connectivity index (χ1n) is 11.6. The molecule has 2 aromatic carbocycles. The monoisotopic (exact) mass is 556 g/mol. The number of aromatic nitrogens is 1. The minimum Gasteiger partial charge on any atom is -0.497 e. The van der Waals surface area contributed by atoms with Crippen molar-refractivity contribution in [2.75, 3.05) is 14.2 Å². The summed E-state index contributed by atoms with van der Waals surface area (Å²) in [6.07, 6.45) is -10.0. The zero-order valence-electron chi connectivity index (χ0n) is 21.5. The Morgan fingerprint density at radius 3 is 1.87 bits per heavy atom. The van der Waals surface area contributed by atoms with Crippen molar-refractivity contribution in [1.29, 1.82) is 0 Å². The quantitative estimate of drug-likeness (QED) is 0.273. The van der Waals surface area contributed by atoms with E-state index >= 15 is 0 Å². The Labute approximate surface area is 221 Å². The highest BCUT2D eigenvalue weighted by atomic mass is 19.4. The summed E-state index contributed by atoms with van der Waals surface area (Å²) in [6, 6.07) is 10.4. The smallest absolute Gasteiger partial charge is 0.416 e. The third-order valence-corrected chi connectivity index (χ3v) is 5.66. The summed E-state index contributed by atoms with van der Waals surface area (Å²) in [4.78, 5) is 18.7. The molecule has 12 heteroatoms. The van der Waals surface area contributed by atoms with E-state index in [9.17, 15) is 31.1 Å². The van der Waals surface area contributed by atoms with Crippen LogP contribution in [0.5, 0.6) is 17.4 Å². The lowest BCUT2D eigenvalue weighted by atomic mass is 10.0. The van der Waals surface area contributed by atoms with Gasteiger partial charge in [-0.15, -0.1) is 0 Å². The van der Waals surface area contributed by atoms with Gasteiger partial charge in [-0.25, -0.2) is 4.98 Å². The summed E-state index contributed by atoms with van der Waals surface area (Å²) in [6.45, 7) is 2.73. The van der Waals surface area contributed by atoms with Crippen molar-refractivity contribution in [2.45, 2.75) is 45.4 Å². The molecule has 0 spiro atoms. The Bertz CT molecular complexity index is 1260. The van der Waals surface area contributed by atoms with Gasteiger partial charge in [0, 0.05) is 24.7 Å². The van der Waals surface area contributed by atoms with Gasteiger partial charge >= 0.3 is 12.4 Å². The summed E-state index contributed by atoms with van der Waals surface area (Å²) in [7, 11) is 2.89. The van der Waals surface area contributed by atoms with E-state index in [2.05, 4.69) is 4.98 Å². The van der Waals surface area contributed by atoms with Gasteiger partial charge in [-0.2, -0.15) is 26.3 Å². The number of hydrogen-bond donors (Lipinski definition) is 0. The highest BCUT2D eigenvalue weighted by Gasteiger charge is 2.37. The fourth-order valence-corrected chi connectivity index (χ4v) is 3.61. The summed E-state index contributed by atoms with van der Waals surface area (Å²) in [5.41, 5.74) is -2.63. The van der Waals surface area contributed by atoms with Gasteiger partial charge in [-0.1, -0.05) is 12.1 Å². The maximum atomic E-state index is 13.4. The first-order chi connectivity index (χ1) is 18.2. The predicted octanol–water partition coefficient (Wildman–Crippen LogP) is 6.77. The molecule has 0 unspecified atom stereocenters. The Hall–Kier alpha value is -3.96. The number of alkyl halides is 6. The van der Waals surface area contributed by atoms with Crippen LogP contribution in [0.3, 0.4) is 0 Å². The van der Waals surface area contributed by atoms with Crippen LogP contribution >= 0.6 is 0 Å². The number of carbonyl (C=O) groups is 1. The molecule has 0 aliphatic heterocycles. The Kier molecular flexibility index (Phi) is 8.98. The number of ether oxygens (including phenoxy) is 3. The highest BCUT2D eigenvalue weighted by molar-refractivity contribution is 5.93. The number of benzene rings is 2. The number of halogens is 6. The number of pyridine rings is 1. The fourth-order valence-electron chi connectivity index (χ4n) is 3.61. The second kappa shape index (κ2) is 11.8. The van der Waals surface area contributed by atoms with Crippen molar-refractivity contribution >= 4 is 5.91 Å². The van der Waals surface area contributed by atoms with Crippen LogP contribution in [0, 0.1) is 0 Å². The molecule has 210 valence electrons. The fraction of sp³-hybridized carbons (Fsp3) is 0.333. The molecule has 6 nitrogen and oxygen atoms in total. The molecule has 3 aromatic rings. The highest BCUT2D eigenvalue weighted by Crippen LogP contribution is 2.37. The lowest BCUT2D eigenvalue weighted by Gasteiger charge is -2.27. The van der Waals surface area contributed by atoms with Gasteiger partial charge < -0.3 is 19.1 Å². The lowest BCUT2D eigenvalue weighted by Crippen LogP contribution is -2.37. The molecule has 39 heavy (non-hydrogen) atoms. The topological polar surface area (TPSA) is 60.9 Å². The van der Waals surface area contributed by atoms with Gasteiger partial charge in [-0.05, 0) is 55.3 Å². The second-order valence-corrected chi connectivity index (χ2v) is 8.81. The Morgan fingerprint density at radius 1 is 0.821 bits per heavy atom. The van der Waals surface area contributed by atoms with Gasteiger partial charge in [0.25, 0.3) is 5.91 Å². The number of methoxy groups -OCH3 is 2. The average molecular weight is 557 g/mol. The van der Waals surface area contributed by atoms with Crippen molar-refractivity contribution in [1.82, 2.24) is 9.88 Å². The van der Waals surface area contributed by atoms with Crippen molar-refractivity contribution in [2.24, 2.45) is 0 Å². The van der Waals surface area contributed by atoms with Gasteiger partial charge in [0.1, 0.15) is 23.8 Å². The van der Waals surface area contributed by atoms with Gasteiger partial charge in [-0.3, -0.25) is 4.79 Å². The summed E-state index contributed by atoms with van der Waals surface area (Å²) < 4.78 is 96.0. The molecule has 1 amide bonds. The molecule has 0 N–H and O–H groups in total. The first-order valence-corrected chi connectivity index (χ1v) is 11.6. The van der Waals surface area contributed by atoms with Crippen LogP contribution in [0.4, 0.5) is 26.3 Å². The van der Waals surface area contributed by atoms with Crippen LogP contribution in [0.2, 0.25) is 0 Å². The van der Waals surface area contributed by atoms with Gasteiger partial charge in [0.15, 0.2) is 0 Å². The molecule has 0 bridgehead atoms. The van der Waals surface area contributed by atoms with Crippen LogP contribution < -0.4 is 14.2 Å². The minimum atomic E-state index is -5.01. The van der Waals surface area contributed by atoms with E-state index < -0.39 is 42.0 Å². The predicted molar refractivity (Wildman–Crippen MR) is 130 cm³/mol. The van der Waals surface area contributed by atoms with Crippen molar-refractivity contribution in [3.63, 3.8) is 0 Å². The lowest BCUT2D eigenvalue weighted by molar-refractivity contribution is -0.143. The third kappa shape index (κ3) is 7.78. The molecule has 1 aromatic heterocycles. The Balaban J connectivity index is 1.91. The molecule has 0 fully saturated rings. The van der Waals surface area contributed by atoms with Crippen molar-refractivity contribution in [3.05, 3.63) is 82.5 Å². The van der Waals surface area contributed by atoms with E-state index in [-0.39, 0.29) is 35.6 Å².